The first kappa shape index (κ1) is 14.0. The zero-order chi connectivity index (χ0) is 14.5. The molecule has 20 heavy (non-hydrogen) atoms. The van der Waals surface area contributed by atoms with E-state index in [1.54, 1.807) is 44.6 Å². The third kappa shape index (κ3) is 2.95. The molecule has 102 valence electrons. The van der Waals surface area contributed by atoms with Gasteiger partial charge in [-0.2, -0.15) is 5.26 Å². The molecule has 5 heteroatoms. The predicted molar refractivity (Wildman–Crippen MR) is 79.0 cm³/mol. The standard InChI is InChI=1S/C15H13ClN2O2/c1-19-14-8-15(20-2)13(7-12(14)16)18-11-5-3-4-10(6-11)9-17/h3-8,18H,1-2H3. The highest BCUT2D eigenvalue weighted by molar-refractivity contribution is 6.32. The van der Waals surface area contributed by atoms with Crippen LogP contribution in [0.2, 0.25) is 5.02 Å². The molecule has 4 nitrogen and oxygen atoms in total. The van der Waals surface area contributed by atoms with E-state index in [-0.39, 0.29) is 0 Å². The van der Waals surface area contributed by atoms with E-state index in [0.29, 0.717) is 27.8 Å². The Kier molecular flexibility index (Phi) is 4.34. The molecular weight excluding hydrogens is 276 g/mol. The summed E-state index contributed by atoms with van der Waals surface area (Å²) in [7, 11) is 3.11. The summed E-state index contributed by atoms with van der Waals surface area (Å²) in [4.78, 5) is 0. The van der Waals surface area contributed by atoms with Crippen molar-refractivity contribution in [2.24, 2.45) is 0 Å². The maximum Gasteiger partial charge on any atom is 0.146 e. The van der Waals surface area contributed by atoms with Gasteiger partial charge in [0.05, 0.1) is 36.6 Å². The van der Waals surface area contributed by atoms with Crippen LogP contribution < -0.4 is 14.8 Å². The van der Waals surface area contributed by atoms with Crippen LogP contribution in [0.4, 0.5) is 11.4 Å². The molecule has 2 aromatic rings. The summed E-state index contributed by atoms with van der Waals surface area (Å²) in [5, 5.41) is 12.6. The zero-order valence-corrected chi connectivity index (χ0v) is 11.9. The number of nitrogens with one attached hydrogen (secondary N) is 1. The fourth-order valence-corrected chi connectivity index (χ4v) is 2.02. The van der Waals surface area contributed by atoms with E-state index < -0.39 is 0 Å². The van der Waals surface area contributed by atoms with Crippen molar-refractivity contribution in [3.8, 4) is 17.6 Å². The van der Waals surface area contributed by atoms with E-state index in [0.717, 1.165) is 5.69 Å². The fourth-order valence-electron chi connectivity index (χ4n) is 1.78. The van der Waals surface area contributed by atoms with Crippen molar-refractivity contribution >= 4 is 23.0 Å². The number of anilines is 2. The highest BCUT2D eigenvalue weighted by Crippen LogP contribution is 2.37. The van der Waals surface area contributed by atoms with Crippen molar-refractivity contribution in [2.75, 3.05) is 19.5 Å². The predicted octanol–water partition coefficient (Wildman–Crippen LogP) is 3.97. The summed E-state index contributed by atoms with van der Waals surface area (Å²) in [5.41, 5.74) is 2.06. The molecule has 0 aliphatic heterocycles. The van der Waals surface area contributed by atoms with Crippen molar-refractivity contribution in [3.05, 3.63) is 47.0 Å². The lowest BCUT2D eigenvalue weighted by molar-refractivity contribution is 0.396. The molecule has 0 bridgehead atoms. The number of nitriles is 1. The molecule has 2 rings (SSSR count). The largest absolute Gasteiger partial charge is 0.495 e. The zero-order valence-electron chi connectivity index (χ0n) is 11.1. The van der Waals surface area contributed by atoms with Crippen LogP contribution in [-0.4, -0.2) is 14.2 Å². The molecule has 2 aromatic carbocycles. The molecular formula is C15H13ClN2O2. The Labute approximate surface area is 122 Å². The summed E-state index contributed by atoms with van der Waals surface area (Å²) >= 11 is 6.11. The lowest BCUT2D eigenvalue weighted by Crippen LogP contribution is -1.96. The van der Waals surface area contributed by atoms with E-state index in [4.69, 9.17) is 26.3 Å². The maximum atomic E-state index is 8.90. The number of rotatable bonds is 4. The van der Waals surface area contributed by atoms with Gasteiger partial charge in [-0.15, -0.1) is 0 Å². The summed E-state index contributed by atoms with van der Waals surface area (Å²) in [6.45, 7) is 0. The molecule has 0 radical (unpaired) electrons. The molecule has 0 heterocycles. The van der Waals surface area contributed by atoms with Crippen molar-refractivity contribution in [1.29, 1.82) is 5.26 Å². The summed E-state index contributed by atoms with van der Waals surface area (Å²) in [5.74, 6) is 1.15. The number of ether oxygens (including phenoxy) is 2. The van der Waals surface area contributed by atoms with Gasteiger partial charge in [0.15, 0.2) is 0 Å². The van der Waals surface area contributed by atoms with E-state index in [2.05, 4.69) is 11.4 Å². The normalized spacial score (nSPS) is 9.70. The monoisotopic (exact) mass is 288 g/mol. The summed E-state index contributed by atoms with van der Waals surface area (Å²) in [6.07, 6.45) is 0. The van der Waals surface area contributed by atoms with Gasteiger partial charge in [0, 0.05) is 11.8 Å². The van der Waals surface area contributed by atoms with Crippen LogP contribution in [0.3, 0.4) is 0 Å². The third-order valence-electron chi connectivity index (χ3n) is 2.74. The second kappa shape index (κ2) is 6.18. The first-order valence-corrected chi connectivity index (χ1v) is 6.24. The van der Waals surface area contributed by atoms with Gasteiger partial charge in [-0.05, 0) is 24.3 Å². The Morgan fingerprint density at radius 1 is 1.10 bits per heavy atom. The number of benzene rings is 2. The molecule has 0 aromatic heterocycles. The van der Waals surface area contributed by atoms with E-state index in [1.807, 2.05) is 6.07 Å². The number of halogens is 1. The van der Waals surface area contributed by atoms with Crippen LogP contribution in [-0.2, 0) is 0 Å². The second-order valence-corrected chi connectivity index (χ2v) is 4.41. The first-order valence-electron chi connectivity index (χ1n) is 5.86. The van der Waals surface area contributed by atoms with Gasteiger partial charge in [-0.3, -0.25) is 0 Å². The van der Waals surface area contributed by atoms with E-state index in [9.17, 15) is 0 Å². The van der Waals surface area contributed by atoms with Gasteiger partial charge in [0.25, 0.3) is 0 Å². The van der Waals surface area contributed by atoms with Gasteiger partial charge in [-0.1, -0.05) is 17.7 Å². The smallest absolute Gasteiger partial charge is 0.146 e. The van der Waals surface area contributed by atoms with Crippen LogP contribution in [0.1, 0.15) is 5.56 Å². The van der Waals surface area contributed by atoms with Crippen LogP contribution in [0, 0.1) is 11.3 Å². The third-order valence-corrected chi connectivity index (χ3v) is 3.04. The van der Waals surface area contributed by atoms with Crippen molar-refractivity contribution < 1.29 is 9.47 Å². The van der Waals surface area contributed by atoms with Crippen LogP contribution >= 0.6 is 11.6 Å². The van der Waals surface area contributed by atoms with E-state index >= 15 is 0 Å². The van der Waals surface area contributed by atoms with Crippen LogP contribution in [0.15, 0.2) is 36.4 Å². The molecule has 0 aliphatic rings. The minimum absolute atomic E-state index is 0.479. The SMILES string of the molecule is COc1cc(OC)c(Nc2cccc(C#N)c2)cc1Cl. The summed E-state index contributed by atoms with van der Waals surface area (Å²) < 4.78 is 10.5. The average Bonchev–Trinajstić information content (AvgIpc) is 2.48. The number of hydrogen-bond donors (Lipinski definition) is 1. The Balaban J connectivity index is 2.37. The van der Waals surface area contributed by atoms with Crippen molar-refractivity contribution in [2.45, 2.75) is 0 Å². The van der Waals surface area contributed by atoms with Gasteiger partial charge in [0.2, 0.25) is 0 Å². The Morgan fingerprint density at radius 3 is 2.50 bits per heavy atom. The molecule has 0 aliphatic carbocycles. The lowest BCUT2D eigenvalue weighted by atomic mass is 10.2. The van der Waals surface area contributed by atoms with Gasteiger partial charge < -0.3 is 14.8 Å². The number of methoxy groups -OCH3 is 2. The molecule has 0 saturated carbocycles. The second-order valence-electron chi connectivity index (χ2n) is 4.00. The van der Waals surface area contributed by atoms with Crippen molar-refractivity contribution in [3.63, 3.8) is 0 Å². The molecule has 0 saturated heterocycles. The first-order chi connectivity index (χ1) is 9.67. The Bertz CT molecular complexity index is 665. The Hall–Kier alpha value is -2.38. The highest BCUT2D eigenvalue weighted by atomic mass is 35.5. The molecule has 0 spiro atoms. The van der Waals surface area contributed by atoms with Gasteiger partial charge >= 0.3 is 0 Å². The van der Waals surface area contributed by atoms with Crippen LogP contribution in [0.5, 0.6) is 11.5 Å². The molecule has 1 N–H and O–H groups in total. The highest BCUT2D eigenvalue weighted by Gasteiger charge is 2.10. The molecule has 0 unspecified atom stereocenters. The lowest BCUT2D eigenvalue weighted by Gasteiger charge is -2.14. The number of hydrogen-bond acceptors (Lipinski definition) is 4. The molecule has 0 atom stereocenters. The van der Waals surface area contributed by atoms with E-state index in [1.165, 1.54) is 0 Å². The average molecular weight is 289 g/mol. The molecule has 0 amide bonds. The topological polar surface area (TPSA) is 54.3 Å². The number of nitrogens with zero attached hydrogens (tertiary/aromatic N) is 1. The summed E-state index contributed by atoms with van der Waals surface area (Å²) in [6, 6.07) is 12.7. The minimum atomic E-state index is 0.479. The van der Waals surface area contributed by atoms with Gasteiger partial charge in [0.1, 0.15) is 11.5 Å². The fraction of sp³-hybridized carbons (Fsp3) is 0.133. The minimum Gasteiger partial charge on any atom is -0.495 e. The molecule has 0 fully saturated rings. The quantitative estimate of drug-likeness (QED) is 0.925. The van der Waals surface area contributed by atoms with Crippen molar-refractivity contribution in [1.82, 2.24) is 0 Å². The maximum absolute atomic E-state index is 8.90. The van der Waals surface area contributed by atoms with Crippen LogP contribution in [0.25, 0.3) is 0 Å². The Morgan fingerprint density at radius 2 is 1.85 bits per heavy atom. The van der Waals surface area contributed by atoms with Gasteiger partial charge in [-0.25, -0.2) is 0 Å².